The molecule has 160 valence electrons. The van der Waals surface area contributed by atoms with Crippen LogP contribution in [-0.2, 0) is 11.3 Å². The Labute approximate surface area is 183 Å². The molecule has 0 radical (unpaired) electrons. The molecule has 0 aromatic heterocycles. The standard InChI is InChI=1S/C26H28N2O3/c1-30-23-11-7-8-20(18-23)19-28-16-14-22(15-17-28)31-26(29)27-25-13-6-5-12-24(25)21-9-3-2-4-10-21/h2-13,18,22H,14-17,19H2,1H3,(H,27,29). The number of benzene rings is 3. The van der Waals surface area contributed by atoms with Crippen LogP contribution in [-0.4, -0.2) is 37.3 Å². The Bertz CT molecular complexity index is 998. The van der Waals surface area contributed by atoms with Crippen LogP contribution in [0, 0.1) is 0 Å². The van der Waals surface area contributed by atoms with E-state index >= 15 is 0 Å². The summed E-state index contributed by atoms with van der Waals surface area (Å²) in [4.78, 5) is 14.9. The van der Waals surface area contributed by atoms with Gasteiger partial charge in [-0.05, 0) is 42.2 Å². The van der Waals surface area contributed by atoms with E-state index in [1.54, 1.807) is 7.11 Å². The van der Waals surface area contributed by atoms with Crippen molar-refractivity contribution in [2.24, 2.45) is 0 Å². The van der Waals surface area contributed by atoms with Gasteiger partial charge in [0.25, 0.3) is 0 Å². The minimum atomic E-state index is -0.394. The maximum atomic E-state index is 12.5. The van der Waals surface area contributed by atoms with Crippen LogP contribution in [0.15, 0.2) is 78.9 Å². The van der Waals surface area contributed by atoms with Gasteiger partial charge in [0.15, 0.2) is 0 Å². The van der Waals surface area contributed by atoms with Gasteiger partial charge < -0.3 is 9.47 Å². The monoisotopic (exact) mass is 416 g/mol. The number of anilines is 1. The number of piperidine rings is 1. The third-order valence-electron chi connectivity index (χ3n) is 5.60. The molecule has 0 bridgehead atoms. The first-order valence-electron chi connectivity index (χ1n) is 10.7. The molecule has 1 aliphatic rings. The van der Waals surface area contributed by atoms with Gasteiger partial charge in [0, 0.05) is 25.2 Å². The summed E-state index contributed by atoms with van der Waals surface area (Å²) < 4.78 is 11.0. The van der Waals surface area contributed by atoms with Gasteiger partial charge in [-0.25, -0.2) is 4.79 Å². The van der Waals surface area contributed by atoms with Gasteiger partial charge in [0.1, 0.15) is 11.9 Å². The van der Waals surface area contributed by atoms with Crippen molar-refractivity contribution in [1.82, 2.24) is 4.90 Å². The van der Waals surface area contributed by atoms with Crippen LogP contribution in [0.2, 0.25) is 0 Å². The quantitative estimate of drug-likeness (QED) is 0.570. The molecule has 0 unspecified atom stereocenters. The van der Waals surface area contributed by atoms with Crippen molar-refractivity contribution in [2.45, 2.75) is 25.5 Å². The molecular weight excluding hydrogens is 388 g/mol. The Morgan fingerprint density at radius 2 is 1.71 bits per heavy atom. The minimum Gasteiger partial charge on any atom is -0.497 e. The van der Waals surface area contributed by atoms with Gasteiger partial charge in [0.2, 0.25) is 0 Å². The molecule has 5 heteroatoms. The smallest absolute Gasteiger partial charge is 0.411 e. The van der Waals surface area contributed by atoms with E-state index in [9.17, 15) is 4.79 Å². The fraction of sp³-hybridized carbons (Fsp3) is 0.269. The number of likely N-dealkylation sites (tertiary alicyclic amines) is 1. The van der Waals surface area contributed by atoms with Gasteiger partial charge in [-0.15, -0.1) is 0 Å². The van der Waals surface area contributed by atoms with Crippen LogP contribution in [0.3, 0.4) is 0 Å². The molecule has 1 aliphatic heterocycles. The van der Waals surface area contributed by atoms with Crippen molar-refractivity contribution in [3.63, 3.8) is 0 Å². The van der Waals surface area contributed by atoms with Crippen molar-refractivity contribution in [3.8, 4) is 16.9 Å². The van der Waals surface area contributed by atoms with Crippen molar-refractivity contribution in [3.05, 3.63) is 84.4 Å². The van der Waals surface area contributed by atoms with Crippen LogP contribution < -0.4 is 10.1 Å². The maximum absolute atomic E-state index is 12.5. The highest BCUT2D eigenvalue weighted by Gasteiger charge is 2.23. The van der Waals surface area contributed by atoms with Crippen LogP contribution in [0.5, 0.6) is 5.75 Å². The average Bonchev–Trinajstić information content (AvgIpc) is 2.81. The summed E-state index contributed by atoms with van der Waals surface area (Å²) in [6, 6.07) is 26.0. The second-order valence-electron chi connectivity index (χ2n) is 7.77. The summed E-state index contributed by atoms with van der Waals surface area (Å²) in [6.45, 7) is 2.67. The van der Waals surface area contributed by atoms with Crippen LogP contribution in [0.1, 0.15) is 18.4 Å². The molecule has 31 heavy (non-hydrogen) atoms. The minimum absolute atomic E-state index is 0.0644. The second-order valence-corrected chi connectivity index (χ2v) is 7.77. The lowest BCUT2D eigenvalue weighted by atomic mass is 10.0. The van der Waals surface area contributed by atoms with Gasteiger partial charge in [-0.2, -0.15) is 0 Å². The van der Waals surface area contributed by atoms with Gasteiger partial charge in [-0.3, -0.25) is 10.2 Å². The molecule has 1 amide bonds. The summed E-state index contributed by atoms with van der Waals surface area (Å²) in [5.41, 5.74) is 4.03. The number of para-hydroxylation sites is 1. The fourth-order valence-corrected chi connectivity index (χ4v) is 3.97. The lowest BCUT2D eigenvalue weighted by Gasteiger charge is -2.31. The highest BCUT2D eigenvalue weighted by atomic mass is 16.6. The van der Waals surface area contributed by atoms with E-state index in [0.29, 0.717) is 0 Å². The zero-order valence-corrected chi connectivity index (χ0v) is 17.8. The molecule has 3 aromatic carbocycles. The first-order chi connectivity index (χ1) is 15.2. The molecule has 0 saturated carbocycles. The Morgan fingerprint density at radius 1 is 0.968 bits per heavy atom. The molecule has 3 aromatic rings. The third kappa shape index (κ3) is 5.64. The van der Waals surface area contributed by atoms with Crippen LogP contribution in [0.4, 0.5) is 10.5 Å². The summed E-state index contributed by atoms with van der Waals surface area (Å²) in [6.07, 6.45) is 1.20. The number of nitrogens with one attached hydrogen (secondary N) is 1. The van der Waals surface area contributed by atoms with E-state index in [1.807, 2.05) is 66.7 Å². The van der Waals surface area contributed by atoms with E-state index in [4.69, 9.17) is 9.47 Å². The number of ether oxygens (including phenoxy) is 2. The average molecular weight is 417 g/mol. The molecule has 4 rings (SSSR count). The van der Waals surface area contributed by atoms with E-state index in [2.05, 4.69) is 22.3 Å². The number of carbonyl (C=O) groups excluding carboxylic acids is 1. The largest absolute Gasteiger partial charge is 0.497 e. The lowest BCUT2D eigenvalue weighted by molar-refractivity contribution is 0.0567. The fourth-order valence-electron chi connectivity index (χ4n) is 3.97. The molecular formula is C26H28N2O3. The number of rotatable bonds is 6. The SMILES string of the molecule is COc1cccc(CN2CCC(OC(=O)Nc3ccccc3-c3ccccc3)CC2)c1. The van der Waals surface area contributed by atoms with Crippen LogP contribution >= 0.6 is 0 Å². The number of nitrogens with zero attached hydrogens (tertiary/aromatic N) is 1. The molecule has 0 spiro atoms. The highest BCUT2D eigenvalue weighted by molar-refractivity contribution is 5.91. The van der Waals surface area contributed by atoms with Crippen molar-refractivity contribution >= 4 is 11.8 Å². The van der Waals surface area contributed by atoms with E-state index in [-0.39, 0.29) is 6.10 Å². The lowest BCUT2D eigenvalue weighted by Crippen LogP contribution is -2.38. The number of carbonyl (C=O) groups is 1. The number of hydrogen-bond donors (Lipinski definition) is 1. The molecule has 1 fully saturated rings. The van der Waals surface area contributed by atoms with E-state index in [1.165, 1.54) is 5.56 Å². The van der Waals surface area contributed by atoms with E-state index in [0.717, 1.165) is 55.0 Å². The Hall–Kier alpha value is -3.31. The molecule has 1 heterocycles. The Balaban J connectivity index is 1.29. The molecule has 1 N–H and O–H groups in total. The zero-order chi connectivity index (χ0) is 21.5. The van der Waals surface area contributed by atoms with Gasteiger partial charge >= 0.3 is 6.09 Å². The Morgan fingerprint density at radius 3 is 2.48 bits per heavy atom. The summed E-state index contributed by atoms with van der Waals surface area (Å²) in [7, 11) is 1.69. The van der Waals surface area contributed by atoms with Crippen molar-refractivity contribution in [2.75, 3.05) is 25.5 Å². The molecule has 1 saturated heterocycles. The Kier molecular flexibility index (Phi) is 6.85. The first-order valence-corrected chi connectivity index (χ1v) is 10.7. The molecule has 5 nitrogen and oxygen atoms in total. The second kappa shape index (κ2) is 10.1. The van der Waals surface area contributed by atoms with Crippen LogP contribution in [0.25, 0.3) is 11.1 Å². The van der Waals surface area contributed by atoms with E-state index < -0.39 is 6.09 Å². The number of methoxy groups -OCH3 is 1. The zero-order valence-electron chi connectivity index (χ0n) is 17.8. The number of amides is 1. The summed E-state index contributed by atoms with van der Waals surface area (Å²) >= 11 is 0. The summed E-state index contributed by atoms with van der Waals surface area (Å²) in [5, 5.41) is 2.93. The van der Waals surface area contributed by atoms with Crippen molar-refractivity contribution < 1.29 is 14.3 Å². The molecule has 0 aliphatic carbocycles. The maximum Gasteiger partial charge on any atom is 0.411 e. The van der Waals surface area contributed by atoms with Gasteiger partial charge in [0.05, 0.1) is 12.8 Å². The third-order valence-corrected chi connectivity index (χ3v) is 5.60. The number of hydrogen-bond acceptors (Lipinski definition) is 4. The molecule has 0 atom stereocenters. The van der Waals surface area contributed by atoms with Gasteiger partial charge in [-0.1, -0.05) is 60.7 Å². The predicted octanol–water partition coefficient (Wildman–Crippen LogP) is 5.58. The predicted molar refractivity (Wildman–Crippen MR) is 123 cm³/mol. The summed E-state index contributed by atoms with van der Waals surface area (Å²) in [5.74, 6) is 0.878. The highest BCUT2D eigenvalue weighted by Crippen LogP contribution is 2.28. The van der Waals surface area contributed by atoms with Crippen molar-refractivity contribution in [1.29, 1.82) is 0 Å². The first kappa shape index (κ1) is 20.9. The topological polar surface area (TPSA) is 50.8 Å². The normalized spacial score (nSPS) is 14.7.